The second-order valence-electron chi connectivity index (χ2n) is 4.62. The van der Waals surface area contributed by atoms with E-state index in [1.807, 2.05) is 43.0 Å². The standard InChI is InChI=1S/C15H25N3O.HI/c1-5-18(6-2)15(16)17-11-13(4)19-14-9-7-8-12(3)10-14;/h7-10,13H,5-6,11H2,1-4H3,(H2,16,17);1H. The van der Waals surface area contributed by atoms with Gasteiger partial charge in [0.1, 0.15) is 11.9 Å². The van der Waals surface area contributed by atoms with Gasteiger partial charge in [-0.15, -0.1) is 24.0 Å². The average Bonchev–Trinajstić information content (AvgIpc) is 2.38. The maximum absolute atomic E-state index is 5.93. The fourth-order valence-corrected chi connectivity index (χ4v) is 1.83. The first-order valence-electron chi connectivity index (χ1n) is 6.85. The quantitative estimate of drug-likeness (QED) is 0.461. The third kappa shape index (κ3) is 6.45. The number of ether oxygens (including phenoxy) is 1. The van der Waals surface area contributed by atoms with E-state index >= 15 is 0 Å². The van der Waals surface area contributed by atoms with E-state index < -0.39 is 0 Å². The molecule has 1 rings (SSSR count). The van der Waals surface area contributed by atoms with Crippen LogP contribution in [0.1, 0.15) is 26.3 Å². The molecule has 0 bridgehead atoms. The van der Waals surface area contributed by atoms with Crippen LogP contribution < -0.4 is 10.5 Å². The molecule has 0 fully saturated rings. The molecule has 0 amide bonds. The van der Waals surface area contributed by atoms with Gasteiger partial charge in [0.2, 0.25) is 0 Å². The van der Waals surface area contributed by atoms with Crippen molar-refractivity contribution >= 4 is 29.9 Å². The number of guanidine groups is 1. The highest BCUT2D eigenvalue weighted by Crippen LogP contribution is 2.14. The summed E-state index contributed by atoms with van der Waals surface area (Å²) in [6, 6.07) is 8.02. The lowest BCUT2D eigenvalue weighted by Crippen LogP contribution is -2.37. The fourth-order valence-electron chi connectivity index (χ4n) is 1.83. The van der Waals surface area contributed by atoms with Crippen LogP contribution in [0.25, 0.3) is 0 Å². The molecule has 0 aromatic heterocycles. The predicted molar refractivity (Wildman–Crippen MR) is 96.1 cm³/mol. The van der Waals surface area contributed by atoms with Crippen molar-refractivity contribution in [3.05, 3.63) is 29.8 Å². The molecule has 20 heavy (non-hydrogen) atoms. The van der Waals surface area contributed by atoms with Crippen LogP contribution in [-0.4, -0.2) is 36.6 Å². The topological polar surface area (TPSA) is 50.8 Å². The zero-order valence-electron chi connectivity index (χ0n) is 12.8. The van der Waals surface area contributed by atoms with E-state index in [0.717, 1.165) is 18.8 Å². The molecule has 0 heterocycles. The highest BCUT2D eigenvalue weighted by Gasteiger charge is 2.06. The molecule has 5 heteroatoms. The lowest BCUT2D eigenvalue weighted by atomic mass is 10.2. The van der Waals surface area contributed by atoms with Gasteiger partial charge in [-0.05, 0) is 45.4 Å². The first kappa shape index (κ1) is 19.0. The molecule has 1 aromatic carbocycles. The van der Waals surface area contributed by atoms with E-state index in [9.17, 15) is 0 Å². The molecule has 114 valence electrons. The Labute approximate surface area is 139 Å². The van der Waals surface area contributed by atoms with Gasteiger partial charge in [-0.1, -0.05) is 12.1 Å². The number of rotatable bonds is 6. The summed E-state index contributed by atoms with van der Waals surface area (Å²) in [6.07, 6.45) is 0.0101. The Morgan fingerprint density at radius 2 is 2.00 bits per heavy atom. The number of halogens is 1. The molecule has 1 unspecified atom stereocenters. The van der Waals surface area contributed by atoms with Gasteiger partial charge in [0.05, 0.1) is 6.54 Å². The van der Waals surface area contributed by atoms with Gasteiger partial charge in [0.15, 0.2) is 5.96 Å². The van der Waals surface area contributed by atoms with Gasteiger partial charge in [-0.25, -0.2) is 4.99 Å². The predicted octanol–water partition coefficient (Wildman–Crippen LogP) is 3.04. The van der Waals surface area contributed by atoms with Crippen LogP contribution in [0.4, 0.5) is 0 Å². The van der Waals surface area contributed by atoms with Gasteiger partial charge >= 0.3 is 0 Å². The molecular formula is C15H26IN3O. The molecule has 0 aliphatic rings. The van der Waals surface area contributed by atoms with Gasteiger partial charge in [-0.2, -0.15) is 0 Å². The Morgan fingerprint density at radius 3 is 2.55 bits per heavy atom. The van der Waals surface area contributed by atoms with Crippen LogP contribution in [0, 0.1) is 6.92 Å². The van der Waals surface area contributed by atoms with Gasteiger partial charge in [-0.3, -0.25) is 0 Å². The molecule has 2 N–H and O–H groups in total. The smallest absolute Gasteiger partial charge is 0.191 e. The van der Waals surface area contributed by atoms with Crippen LogP contribution in [0.5, 0.6) is 5.75 Å². The highest BCUT2D eigenvalue weighted by atomic mass is 127. The number of hydrogen-bond donors (Lipinski definition) is 1. The minimum atomic E-state index is 0. The van der Waals surface area contributed by atoms with Crippen molar-refractivity contribution in [1.29, 1.82) is 0 Å². The van der Waals surface area contributed by atoms with Crippen molar-refractivity contribution < 1.29 is 4.74 Å². The Balaban J connectivity index is 0.00000361. The summed E-state index contributed by atoms with van der Waals surface area (Å²) in [5.74, 6) is 1.47. The maximum atomic E-state index is 5.93. The van der Waals surface area contributed by atoms with Crippen LogP contribution in [0.3, 0.4) is 0 Å². The van der Waals surface area contributed by atoms with Crippen molar-refractivity contribution in [2.45, 2.75) is 33.8 Å². The summed E-state index contributed by atoms with van der Waals surface area (Å²) in [4.78, 5) is 6.41. The number of benzene rings is 1. The largest absolute Gasteiger partial charge is 0.489 e. The van der Waals surface area contributed by atoms with Crippen molar-refractivity contribution in [1.82, 2.24) is 4.90 Å². The lowest BCUT2D eigenvalue weighted by molar-refractivity contribution is 0.229. The molecule has 1 atom stereocenters. The molecule has 0 aliphatic heterocycles. The molecule has 0 saturated heterocycles. The van der Waals surface area contributed by atoms with Crippen molar-refractivity contribution in [2.75, 3.05) is 19.6 Å². The van der Waals surface area contributed by atoms with E-state index in [1.54, 1.807) is 0 Å². The average molecular weight is 391 g/mol. The summed E-state index contributed by atoms with van der Waals surface area (Å²) < 4.78 is 5.81. The van der Waals surface area contributed by atoms with Crippen LogP contribution >= 0.6 is 24.0 Å². The fraction of sp³-hybridized carbons (Fsp3) is 0.533. The molecule has 0 aliphatic carbocycles. The number of nitrogens with two attached hydrogens (primary N) is 1. The molecular weight excluding hydrogens is 365 g/mol. The second-order valence-corrected chi connectivity index (χ2v) is 4.62. The summed E-state index contributed by atoms with van der Waals surface area (Å²) in [5, 5.41) is 0. The highest BCUT2D eigenvalue weighted by molar-refractivity contribution is 14.0. The van der Waals surface area contributed by atoms with Gasteiger partial charge < -0.3 is 15.4 Å². The van der Waals surface area contributed by atoms with E-state index in [4.69, 9.17) is 10.5 Å². The number of hydrogen-bond acceptors (Lipinski definition) is 2. The third-order valence-electron chi connectivity index (χ3n) is 2.92. The molecule has 0 spiro atoms. The summed E-state index contributed by atoms with van der Waals surface area (Å²) >= 11 is 0. The van der Waals surface area contributed by atoms with Crippen molar-refractivity contribution in [3.8, 4) is 5.75 Å². The summed E-state index contributed by atoms with van der Waals surface area (Å²) in [6.45, 7) is 10.5. The van der Waals surface area contributed by atoms with Crippen molar-refractivity contribution in [2.24, 2.45) is 10.7 Å². The Hall–Kier alpha value is -0.980. The normalized spacial score (nSPS) is 12.5. The van der Waals surface area contributed by atoms with E-state index in [2.05, 4.69) is 18.8 Å². The zero-order chi connectivity index (χ0) is 14.3. The number of nitrogens with zero attached hydrogens (tertiary/aromatic N) is 2. The minimum Gasteiger partial charge on any atom is -0.489 e. The Morgan fingerprint density at radius 1 is 1.35 bits per heavy atom. The first-order valence-corrected chi connectivity index (χ1v) is 6.85. The van der Waals surface area contributed by atoms with E-state index in [0.29, 0.717) is 12.5 Å². The van der Waals surface area contributed by atoms with Crippen molar-refractivity contribution in [3.63, 3.8) is 0 Å². The Kier molecular flexibility index (Phi) is 9.37. The van der Waals surface area contributed by atoms with E-state index in [1.165, 1.54) is 5.56 Å². The third-order valence-corrected chi connectivity index (χ3v) is 2.92. The second kappa shape index (κ2) is 9.85. The van der Waals surface area contributed by atoms with Crippen LogP contribution in [-0.2, 0) is 0 Å². The molecule has 0 saturated carbocycles. The summed E-state index contributed by atoms with van der Waals surface area (Å²) in [5.41, 5.74) is 7.12. The summed E-state index contributed by atoms with van der Waals surface area (Å²) in [7, 11) is 0. The lowest BCUT2D eigenvalue weighted by Gasteiger charge is -2.20. The Bertz CT molecular complexity index is 419. The van der Waals surface area contributed by atoms with Gasteiger partial charge in [0.25, 0.3) is 0 Å². The monoisotopic (exact) mass is 391 g/mol. The number of aliphatic imine (C=N–C) groups is 1. The molecule has 4 nitrogen and oxygen atoms in total. The zero-order valence-corrected chi connectivity index (χ0v) is 15.1. The number of aryl methyl sites for hydroxylation is 1. The molecule has 1 aromatic rings. The van der Waals surface area contributed by atoms with Crippen LogP contribution in [0.2, 0.25) is 0 Å². The van der Waals surface area contributed by atoms with Gasteiger partial charge in [0, 0.05) is 13.1 Å². The molecule has 0 radical (unpaired) electrons. The van der Waals surface area contributed by atoms with E-state index in [-0.39, 0.29) is 30.1 Å². The first-order chi connectivity index (χ1) is 9.06. The van der Waals surface area contributed by atoms with Crippen LogP contribution in [0.15, 0.2) is 29.3 Å². The maximum Gasteiger partial charge on any atom is 0.191 e. The SMILES string of the molecule is CCN(CC)C(N)=NCC(C)Oc1cccc(C)c1.I. The minimum absolute atomic E-state index is 0.